The number of aromatic nitrogens is 2. The number of hydrogen-bond acceptors (Lipinski definition) is 4. The Balaban J connectivity index is 1.81. The molecule has 2 heterocycles. The maximum atomic E-state index is 4.97. The summed E-state index contributed by atoms with van der Waals surface area (Å²) in [4.78, 5) is 12.2. The second kappa shape index (κ2) is 6.05. The molecule has 114 valence electrons. The molecule has 0 unspecified atom stereocenters. The molecule has 0 amide bonds. The van der Waals surface area contributed by atoms with Crippen molar-refractivity contribution in [2.75, 3.05) is 31.1 Å². The van der Waals surface area contributed by atoms with E-state index in [0.717, 1.165) is 50.7 Å². The zero-order valence-electron chi connectivity index (χ0n) is 12.9. The van der Waals surface area contributed by atoms with Gasteiger partial charge in [0.1, 0.15) is 0 Å². The minimum Gasteiger partial charge on any atom is -0.338 e. The second-order valence-electron chi connectivity index (χ2n) is 6.11. The van der Waals surface area contributed by atoms with Gasteiger partial charge < -0.3 is 10.2 Å². The van der Waals surface area contributed by atoms with Crippen LogP contribution in [0.5, 0.6) is 0 Å². The standard InChI is InChI=1S/C18H22N4/c1-2-6-14(7-3-1)17-15-8-4-5-9-16(15)20-18(21-17)22-12-10-19-11-13-22/h1-3,6-7,19H,4-5,8-13H2. The second-order valence-corrected chi connectivity index (χ2v) is 6.11. The van der Waals surface area contributed by atoms with Crippen LogP contribution in [0.15, 0.2) is 30.3 Å². The van der Waals surface area contributed by atoms with Crippen LogP contribution in [-0.2, 0) is 12.8 Å². The number of rotatable bonds is 2. The topological polar surface area (TPSA) is 41.1 Å². The van der Waals surface area contributed by atoms with Crippen LogP contribution in [0.4, 0.5) is 5.95 Å². The maximum Gasteiger partial charge on any atom is 0.226 e. The average Bonchev–Trinajstić information content (AvgIpc) is 2.62. The number of piperazine rings is 1. The third kappa shape index (κ3) is 2.59. The van der Waals surface area contributed by atoms with E-state index < -0.39 is 0 Å². The van der Waals surface area contributed by atoms with E-state index in [1.54, 1.807) is 0 Å². The Bertz CT molecular complexity index is 648. The van der Waals surface area contributed by atoms with E-state index in [-0.39, 0.29) is 0 Å². The first-order chi connectivity index (χ1) is 10.9. The molecule has 1 aromatic heterocycles. The quantitative estimate of drug-likeness (QED) is 0.923. The largest absolute Gasteiger partial charge is 0.338 e. The van der Waals surface area contributed by atoms with Gasteiger partial charge >= 0.3 is 0 Å². The average molecular weight is 294 g/mol. The Morgan fingerprint density at radius 3 is 2.50 bits per heavy atom. The van der Waals surface area contributed by atoms with E-state index in [4.69, 9.17) is 9.97 Å². The van der Waals surface area contributed by atoms with Crippen molar-refractivity contribution < 1.29 is 0 Å². The highest BCUT2D eigenvalue weighted by atomic mass is 15.3. The van der Waals surface area contributed by atoms with Crippen molar-refractivity contribution in [2.24, 2.45) is 0 Å². The Kier molecular flexibility index (Phi) is 3.77. The minimum absolute atomic E-state index is 0.918. The highest BCUT2D eigenvalue weighted by Gasteiger charge is 2.21. The van der Waals surface area contributed by atoms with E-state index in [2.05, 4.69) is 40.5 Å². The molecule has 1 aromatic carbocycles. The molecule has 1 saturated heterocycles. The zero-order valence-corrected chi connectivity index (χ0v) is 12.9. The van der Waals surface area contributed by atoms with Gasteiger partial charge in [0.05, 0.1) is 5.69 Å². The lowest BCUT2D eigenvalue weighted by Gasteiger charge is -2.29. The van der Waals surface area contributed by atoms with Crippen LogP contribution in [0.2, 0.25) is 0 Å². The van der Waals surface area contributed by atoms with Crippen LogP contribution < -0.4 is 10.2 Å². The monoisotopic (exact) mass is 294 g/mol. The molecule has 1 aliphatic carbocycles. The fraction of sp³-hybridized carbons (Fsp3) is 0.444. The van der Waals surface area contributed by atoms with E-state index >= 15 is 0 Å². The van der Waals surface area contributed by atoms with Gasteiger partial charge in [-0.15, -0.1) is 0 Å². The van der Waals surface area contributed by atoms with Crippen LogP contribution in [0.3, 0.4) is 0 Å². The lowest BCUT2D eigenvalue weighted by atomic mass is 9.92. The van der Waals surface area contributed by atoms with Crippen molar-refractivity contribution >= 4 is 5.95 Å². The molecule has 22 heavy (non-hydrogen) atoms. The molecular formula is C18H22N4. The third-order valence-electron chi connectivity index (χ3n) is 4.62. The normalized spacial score (nSPS) is 18.1. The predicted octanol–water partition coefficient (Wildman–Crippen LogP) is 2.43. The minimum atomic E-state index is 0.918. The number of nitrogens with zero attached hydrogens (tertiary/aromatic N) is 3. The number of aryl methyl sites for hydroxylation is 1. The molecule has 1 aliphatic heterocycles. The van der Waals surface area contributed by atoms with Crippen LogP contribution in [0.25, 0.3) is 11.3 Å². The zero-order chi connectivity index (χ0) is 14.8. The van der Waals surface area contributed by atoms with E-state index in [1.807, 2.05) is 0 Å². The van der Waals surface area contributed by atoms with Gasteiger partial charge in [-0.25, -0.2) is 9.97 Å². The van der Waals surface area contributed by atoms with E-state index in [0.29, 0.717) is 0 Å². The first kappa shape index (κ1) is 13.7. The summed E-state index contributed by atoms with van der Waals surface area (Å²) in [5, 5.41) is 3.40. The maximum absolute atomic E-state index is 4.97. The van der Waals surface area contributed by atoms with Crippen molar-refractivity contribution in [1.82, 2.24) is 15.3 Å². The van der Waals surface area contributed by atoms with Gasteiger partial charge in [-0.3, -0.25) is 0 Å². The van der Waals surface area contributed by atoms with Crippen LogP contribution in [0, 0.1) is 0 Å². The lowest BCUT2D eigenvalue weighted by molar-refractivity contribution is 0.575. The molecule has 2 aliphatic rings. The Morgan fingerprint density at radius 2 is 1.68 bits per heavy atom. The van der Waals surface area contributed by atoms with Crippen LogP contribution in [0.1, 0.15) is 24.1 Å². The third-order valence-corrected chi connectivity index (χ3v) is 4.62. The summed E-state index contributed by atoms with van der Waals surface area (Å²) in [5.41, 5.74) is 5.02. The summed E-state index contributed by atoms with van der Waals surface area (Å²) >= 11 is 0. The van der Waals surface area contributed by atoms with Crippen molar-refractivity contribution in [3.63, 3.8) is 0 Å². The molecule has 1 fully saturated rings. The molecule has 4 heteroatoms. The lowest BCUT2D eigenvalue weighted by Crippen LogP contribution is -2.44. The summed E-state index contributed by atoms with van der Waals surface area (Å²) in [6.07, 6.45) is 4.71. The van der Waals surface area contributed by atoms with Crippen molar-refractivity contribution in [3.8, 4) is 11.3 Å². The van der Waals surface area contributed by atoms with E-state index in [9.17, 15) is 0 Å². The number of fused-ring (bicyclic) bond motifs is 1. The first-order valence-corrected chi connectivity index (χ1v) is 8.33. The van der Waals surface area contributed by atoms with Crippen molar-refractivity contribution in [1.29, 1.82) is 0 Å². The van der Waals surface area contributed by atoms with Gasteiger partial charge in [0.15, 0.2) is 0 Å². The molecule has 1 N–H and O–H groups in total. The Morgan fingerprint density at radius 1 is 0.909 bits per heavy atom. The van der Waals surface area contributed by atoms with Crippen molar-refractivity contribution in [3.05, 3.63) is 41.6 Å². The van der Waals surface area contributed by atoms with Crippen LogP contribution >= 0.6 is 0 Å². The Labute approximate surface area is 131 Å². The summed E-state index contributed by atoms with van der Waals surface area (Å²) in [5.74, 6) is 0.918. The van der Waals surface area contributed by atoms with Crippen molar-refractivity contribution in [2.45, 2.75) is 25.7 Å². The van der Waals surface area contributed by atoms with Gasteiger partial charge in [-0.2, -0.15) is 0 Å². The van der Waals surface area contributed by atoms with Crippen LogP contribution in [-0.4, -0.2) is 36.1 Å². The Hall–Kier alpha value is -1.94. The molecule has 4 nitrogen and oxygen atoms in total. The first-order valence-electron chi connectivity index (χ1n) is 8.33. The summed E-state index contributed by atoms with van der Waals surface area (Å²) < 4.78 is 0. The highest BCUT2D eigenvalue weighted by molar-refractivity contribution is 5.66. The fourth-order valence-corrected chi connectivity index (χ4v) is 3.42. The molecule has 2 aromatic rings. The molecule has 0 radical (unpaired) electrons. The highest BCUT2D eigenvalue weighted by Crippen LogP contribution is 2.31. The van der Waals surface area contributed by atoms with E-state index in [1.165, 1.54) is 29.7 Å². The van der Waals surface area contributed by atoms with Gasteiger partial charge in [0, 0.05) is 43.0 Å². The molecule has 0 atom stereocenters. The molecule has 0 saturated carbocycles. The van der Waals surface area contributed by atoms with Gasteiger partial charge in [-0.1, -0.05) is 30.3 Å². The number of anilines is 1. The smallest absolute Gasteiger partial charge is 0.226 e. The molecular weight excluding hydrogens is 272 g/mol. The predicted molar refractivity (Wildman–Crippen MR) is 89.2 cm³/mol. The summed E-state index contributed by atoms with van der Waals surface area (Å²) in [6, 6.07) is 10.6. The van der Waals surface area contributed by atoms with Gasteiger partial charge in [0.2, 0.25) is 5.95 Å². The van der Waals surface area contributed by atoms with Gasteiger partial charge in [0.25, 0.3) is 0 Å². The molecule has 0 spiro atoms. The van der Waals surface area contributed by atoms with Gasteiger partial charge in [-0.05, 0) is 25.7 Å². The summed E-state index contributed by atoms with van der Waals surface area (Å²) in [6.45, 7) is 4.02. The molecule has 4 rings (SSSR count). The number of benzene rings is 1. The fourth-order valence-electron chi connectivity index (χ4n) is 3.42. The number of nitrogens with one attached hydrogen (secondary N) is 1. The number of hydrogen-bond donors (Lipinski definition) is 1. The molecule has 0 bridgehead atoms. The SMILES string of the molecule is c1ccc(-c2nc(N3CCNCC3)nc3c2CCCC3)cc1. The summed E-state index contributed by atoms with van der Waals surface area (Å²) in [7, 11) is 0.